The number of hydrogen-bond donors (Lipinski definition) is 1. The molecule has 0 atom stereocenters. The van der Waals surface area contributed by atoms with E-state index in [9.17, 15) is 4.79 Å². The number of carbonyl (C=O) groups is 1. The molecule has 0 unspecified atom stereocenters. The zero-order chi connectivity index (χ0) is 13.7. The fraction of sp³-hybridized carbons (Fsp3) is 0.812. The van der Waals surface area contributed by atoms with Crippen LogP contribution in [0.15, 0.2) is 0 Å². The van der Waals surface area contributed by atoms with Crippen molar-refractivity contribution < 1.29 is 4.79 Å². The maximum Gasteiger partial charge on any atom is 0.223 e. The van der Waals surface area contributed by atoms with Crippen LogP contribution in [0.5, 0.6) is 0 Å². The van der Waals surface area contributed by atoms with Crippen molar-refractivity contribution in [2.24, 2.45) is 17.1 Å². The third-order valence-electron chi connectivity index (χ3n) is 4.68. The zero-order valence-electron chi connectivity index (χ0n) is 11.9. The van der Waals surface area contributed by atoms with Gasteiger partial charge in [0.1, 0.15) is 0 Å². The number of terminal acetylenes is 1. The summed E-state index contributed by atoms with van der Waals surface area (Å²) < 4.78 is 0. The number of nitrogens with zero attached hydrogens (tertiary/aromatic N) is 1. The van der Waals surface area contributed by atoms with E-state index in [-0.39, 0.29) is 11.3 Å². The Morgan fingerprint density at radius 2 is 2.00 bits per heavy atom. The molecule has 0 aromatic rings. The second kappa shape index (κ2) is 6.43. The maximum absolute atomic E-state index is 12.5. The van der Waals surface area contributed by atoms with E-state index in [4.69, 9.17) is 12.2 Å². The van der Waals surface area contributed by atoms with Crippen LogP contribution in [0.2, 0.25) is 0 Å². The van der Waals surface area contributed by atoms with Crippen LogP contribution in [0.1, 0.15) is 51.4 Å². The van der Waals surface area contributed by atoms with Gasteiger partial charge in [0.05, 0.1) is 6.54 Å². The Morgan fingerprint density at radius 1 is 1.32 bits per heavy atom. The van der Waals surface area contributed by atoms with Crippen molar-refractivity contribution in [3.05, 3.63) is 0 Å². The average molecular weight is 262 g/mol. The highest BCUT2D eigenvalue weighted by molar-refractivity contribution is 5.77. The maximum atomic E-state index is 12.5. The summed E-state index contributed by atoms with van der Waals surface area (Å²) in [6, 6.07) is 0. The highest BCUT2D eigenvalue weighted by Gasteiger charge is 2.35. The van der Waals surface area contributed by atoms with Gasteiger partial charge in [0, 0.05) is 13.0 Å². The number of rotatable bonds is 6. The molecule has 19 heavy (non-hydrogen) atoms. The molecular formula is C16H26N2O. The molecule has 2 aliphatic carbocycles. The van der Waals surface area contributed by atoms with Crippen LogP contribution in [-0.2, 0) is 4.79 Å². The zero-order valence-corrected chi connectivity index (χ0v) is 11.9. The first kappa shape index (κ1) is 14.4. The highest BCUT2D eigenvalue weighted by Crippen LogP contribution is 2.39. The van der Waals surface area contributed by atoms with Crippen molar-refractivity contribution in [1.29, 1.82) is 0 Å². The molecule has 0 heterocycles. The Bertz CT molecular complexity index is 348. The summed E-state index contributed by atoms with van der Waals surface area (Å²) >= 11 is 0. The Morgan fingerprint density at radius 3 is 2.53 bits per heavy atom. The van der Waals surface area contributed by atoms with E-state index in [0.717, 1.165) is 19.4 Å². The van der Waals surface area contributed by atoms with E-state index >= 15 is 0 Å². The molecule has 2 aliphatic rings. The molecule has 0 aromatic heterocycles. The SMILES string of the molecule is C#CCN(CC1CC1)C(=O)CC1(CN)CCCCC1. The van der Waals surface area contributed by atoms with Gasteiger partial charge in [0.2, 0.25) is 5.91 Å². The van der Waals surface area contributed by atoms with E-state index in [0.29, 0.717) is 25.4 Å². The van der Waals surface area contributed by atoms with Crippen LogP contribution in [0.4, 0.5) is 0 Å². The standard InChI is InChI=1S/C16H26N2O/c1-2-10-18(12-14-6-7-14)15(19)11-16(13-17)8-4-3-5-9-16/h1,14H,3-13,17H2. The van der Waals surface area contributed by atoms with Crippen molar-refractivity contribution in [2.75, 3.05) is 19.6 Å². The van der Waals surface area contributed by atoms with Gasteiger partial charge in [-0.15, -0.1) is 6.42 Å². The summed E-state index contributed by atoms with van der Waals surface area (Å²) in [5.41, 5.74) is 6.01. The molecule has 0 bridgehead atoms. The van der Waals surface area contributed by atoms with Crippen molar-refractivity contribution in [3.8, 4) is 12.3 Å². The lowest BCUT2D eigenvalue weighted by Crippen LogP contribution is -2.41. The molecule has 0 saturated heterocycles. The monoisotopic (exact) mass is 262 g/mol. The number of carbonyl (C=O) groups excluding carboxylic acids is 1. The molecule has 3 heteroatoms. The van der Waals surface area contributed by atoms with Gasteiger partial charge in [-0.3, -0.25) is 4.79 Å². The lowest BCUT2D eigenvalue weighted by atomic mass is 9.71. The average Bonchev–Trinajstić information content (AvgIpc) is 3.23. The first-order chi connectivity index (χ1) is 9.19. The van der Waals surface area contributed by atoms with Crippen LogP contribution in [-0.4, -0.2) is 30.4 Å². The molecule has 2 rings (SSSR count). The molecule has 1 amide bonds. The van der Waals surface area contributed by atoms with E-state index in [1.807, 2.05) is 4.90 Å². The first-order valence-corrected chi connectivity index (χ1v) is 7.60. The molecule has 2 saturated carbocycles. The summed E-state index contributed by atoms with van der Waals surface area (Å²) in [7, 11) is 0. The van der Waals surface area contributed by atoms with Gasteiger partial charge in [-0.25, -0.2) is 0 Å². The molecule has 0 aromatic carbocycles. The minimum atomic E-state index is 0.0474. The van der Waals surface area contributed by atoms with E-state index in [1.54, 1.807) is 0 Å². The summed E-state index contributed by atoms with van der Waals surface area (Å²) in [5, 5.41) is 0. The van der Waals surface area contributed by atoms with Crippen LogP contribution in [0, 0.1) is 23.7 Å². The largest absolute Gasteiger partial charge is 0.331 e. The van der Waals surface area contributed by atoms with Crippen LogP contribution in [0.25, 0.3) is 0 Å². The topological polar surface area (TPSA) is 46.3 Å². The summed E-state index contributed by atoms with van der Waals surface area (Å²) in [4.78, 5) is 14.4. The third-order valence-corrected chi connectivity index (χ3v) is 4.68. The predicted molar refractivity (Wildman–Crippen MR) is 77.3 cm³/mol. The fourth-order valence-corrected chi connectivity index (χ4v) is 3.16. The van der Waals surface area contributed by atoms with Crippen molar-refractivity contribution in [1.82, 2.24) is 4.90 Å². The molecule has 0 spiro atoms. The summed E-state index contributed by atoms with van der Waals surface area (Å²) in [6.07, 6.45) is 14.4. The van der Waals surface area contributed by atoms with E-state index < -0.39 is 0 Å². The van der Waals surface area contributed by atoms with Gasteiger partial charge in [-0.2, -0.15) is 0 Å². The smallest absolute Gasteiger partial charge is 0.223 e. The Hall–Kier alpha value is -1.01. The first-order valence-electron chi connectivity index (χ1n) is 7.60. The van der Waals surface area contributed by atoms with Crippen molar-refractivity contribution in [3.63, 3.8) is 0 Å². The van der Waals surface area contributed by atoms with Gasteiger partial charge in [-0.05, 0) is 43.6 Å². The second-order valence-corrected chi connectivity index (χ2v) is 6.36. The van der Waals surface area contributed by atoms with Crippen LogP contribution >= 0.6 is 0 Å². The molecule has 106 valence electrons. The van der Waals surface area contributed by atoms with Gasteiger partial charge in [-0.1, -0.05) is 25.2 Å². The molecule has 0 aliphatic heterocycles. The fourth-order valence-electron chi connectivity index (χ4n) is 3.16. The highest BCUT2D eigenvalue weighted by atomic mass is 16.2. The Labute approximate surface area is 116 Å². The molecule has 2 N–H and O–H groups in total. The van der Waals surface area contributed by atoms with Crippen molar-refractivity contribution >= 4 is 5.91 Å². The second-order valence-electron chi connectivity index (χ2n) is 6.36. The van der Waals surface area contributed by atoms with Gasteiger partial charge >= 0.3 is 0 Å². The van der Waals surface area contributed by atoms with Gasteiger partial charge in [0.25, 0.3) is 0 Å². The van der Waals surface area contributed by atoms with E-state index in [1.165, 1.54) is 32.1 Å². The normalized spacial score (nSPS) is 21.7. The quantitative estimate of drug-likeness (QED) is 0.746. The molecular weight excluding hydrogens is 236 g/mol. The summed E-state index contributed by atoms with van der Waals surface area (Å²) in [6.45, 7) is 1.94. The number of amides is 1. The molecule has 3 nitrogen and oxygen atoms in total. The number of hydrogen-bond acceptors (Lipinski definition) is 2. The predicted octanol–water partition coefficient (Wildman–Crippen LogP) is 2.16. The lowest BCUT2D eigenvalue weighted by molar-refractivity contribution is -0.133. The molecule has 2 fully saturated rings. The third kappa shape index (κ3) is 3.98. The minimum absolute atomic E-state index is 0.0474. The van der Waals surface area contributed by atoms with Crippen LogP contribution < -0.4 is 5.73 Å². The van der Waals surface area contributed by atoms with Crippen molar-refractivity contribution in [2.45, 2.75) is 51.4 Å². The minimum Gasteiger partial charge on any atom is -0.331 e. The van der Waals surface area contributed by atoms with E-state index in [2.05, 4.69) is 5.92 Å². The van der Waals surface area contributed by atoms with Gasteiger partial charge < -0.3 is 10.6 Å². The number of nitrogens with two attached hydrogens (primary N) is 1. The van der Waals surface area contributed by atoms with Gasteiger partial charge in [0.15, 0.2) is 0 Å². The molecule has 0 radical (unpaired) electrons. The Balaban J connectivity index is 1.93. The Kier molecular flexibility index (Phi) is 4.87. The van der Waals surface area contributed by atoms with Crippen LogP contribution in [0.3, 0.4) is 0 Å². The lowest BCUT2D eigenvalue weighted by Gasteiger charge is -2.37. The summed E-state index contributed by atoms with van der Waals surface area (Å²) in [5.74, 6) is 3.54.